The molecule has 1 atom stereocenters. The zero-order valence-corrected chi connectivity index (χ0v) is 12.6. The van der Waals surface area contributed by atoms with Crippen molar-refractivity contribution in [3.05, 3.63) is 48.0 Å². The number of benzene rings is 1. The van der Waals surface area contributed by atoms with Gasteiger partial charge in [-0.25, -0.2) is 0 Å². The van der Waals surface area contributed by atoms with Crippen LogP contribution in [-0.2, 0) is 11.2 Å². The first-order valence-corrected chi connectivity index (χ1v) is 7.68. The van der Waals surface area contributed by atoms with Crippen molar-refractivity contribution >= 4 is 5.91 Å². The maximum absolute atomic E-state index is 12.7. The first-order valence-electron chi connectivity index (χ1n) is 7.68. The van der Waals surface area contributed by atoms with E-state index in [9.17, 15) is 4.79 Å². The van der Waals surface area contributed by atoms with Gasteiger partial charge in [-0.1, -0.05) is 42.5 Å². The Morgan fingerprint density at radius 2 is 2.00 bits per heavy atom. The third-order valence-corrected chi connectivity index (χ3v) is 4.01. The van der Waals surface area contributed by atoms with Gasteiger partial charge >= 0.3 is 0 Å². The molecule has 0 aromatic heterocycles. The summed E-state index contributed by atoms with van der Waals surface area (Å²) < 4.78 is 0. The molecule has 1 aliphatic carbocycles. The van der Waals surface area contributed by atoms with Crippen molar-refractivity contribution in [3.8, 4) is 0 Å². The Morgan fingerprint density at radius 1 is 1.25 bits per heavy atom. The molecule has 0 saturated heterocycles. The van der Waals surface area contributed by atoms with Crippen molar-refractivity contribution < 1.29 is 4.79 Å². The molecule has 0 bridgehead atoms. The monoisotopic (exact) mass is 271 g/mol. The second-order valence-corrected chi connectivity index (χ2v) is 5.84. The normalized spacial score (nSPS) is 18.2. The average Bonchev–Trinajstić information content (AvgIpc) is 2.49. The lowest BCUT2D eigenvalue weighted by atomic mass is 9.92. The molecular formula is C18H25NO. The van der Waals surface area contributed by atoms with Crippen molar-refractivity contribution in [2.24, 2.45) is 5.92 Å². The van der Waals surface area contributed by atoms with E-state index < -0.39 is 0 Å². The lowest BCUT2D eigenvalue weighted by Gasteiger charge is -2.31. The van der Waals surface area contributed by atoms with Crippen LogP contribution in [0.2, 0.25) is 0 Å². The molecule has 0 fully saturated rings. The highest BCUT2D eigenvalue weighted by Crippen LogP contribution is 2.21. The molecule has 2 nitrogen and oxygen atoms in total. The van der Waals surface area contributed by atoms with Gasteiger partial charge in [-0.05, 0) is 45.1 Å². The summed E-state index contributed by atoms with van der Waals surface area (Å²) in [7, 11) is 0. The van der Waals surface area contributed by atoms with Crippen LogP contribution in [0, 0.1) is 5.92 Å². The fourth-order valence-electron chi connectivity index (χ4n) is 2.77. The zero-order valence-electron chi connectivity index (χ0n) is 12.6. The molecule has 2 rings (SSSR count). The van der Waals surface area contributed by atoms with Gasteiger partial charge in [0.05, 0.1) is 0 Å². The van der Waals surface area contributed by atoms with Crippen LogP contribution in [0.5, 0.6) is 0 Å². The van der Waals surface area contributed by atoms with Crippen LogP contribution in [-0.4, -0.2) is 23.4 Å². The highest BCUT2D eigenvalue weighted by atomic mass is 16.2. The van der Waals surface area contributed by atoms with Crippen LogP contribution in [0.25, 0.3) is 0 Å². The Labute approximate surface area is 122 Å². The van der Waals surface area contributed by atoms with E-state index in [0.29, 0.717) is 5.91 Å². The summed E-state index contributed by atoms with van der Waals surface area (Å²) in [5.74, 6) is 0.526. The fourth-order valence-corrected chi connectivity index (χ4v) is 2.77. The standard InChI is InChI=1S/C18H25NO/c1-15(2)19(14-13-16-9-5-3-6-10-16)18(20)17-11-7-4-8-12-17/h3-7,9-10,15,17H,8,11-14H2,1-2H3/t17-/m0/s1. The minimum atomic E-state index is 0.193. The highest BCUT2D eigenvalue weighted by Gasteiger charge is 2.25. The third kappa shape index (κ3) is 3.96. The minimum Gasteiger partial charge on any atom is -0.340 e. The molecule has 20 heavy (non-hydrogen) atoms. The molecule has 0 spiro atoms. The van der Waals surface area contributed by atoms with Gasteiger partial charge in [0.25, 0.3) is 0 Å². The zero-order chi connectivity index (χ0) is 14.4. The predicted octanol–water partition coefficient (Wildman–Crippen LogP) is 3.82. The molecule has 2 heteroatoms. The van der Waals surface area contributed by atoms with Gasteiger partial charge in [-0.3, -0.25) is 4.79 Å². The van der Waals surface area contributed by atoms with Crippen molar-refractivity contribution in [2.45, 2.75) is 45.6 Å². The Hall–Kier alpha value is -1.57. The molecule has 0 aliphatic heterocycles. The maximum atomic E-state index is 12.7. The predicted molar refractivity (Wildman–Crippen MR) is 83.5 cm³/mol. The van der Waals surface area contributed by atoms with Gasteiger partial charge < -0.3 is 4.90 Å². The second-order valence-electron chi connectivity index (χ2n) is 5.84. The summed E-state index contributed by atoms with van der Waals surface area (Å²) in [6.45, 7) is 5.05. The van der Waals surface area contributed by atoms with Crippen LogP contribution in [0.15, 0.2) is 42.5 Å². The molecule has 0 unspecified atom stereocenters. The number of nitrogens with zero attached hydrogens (tertiary/aromatic N) is 1. The van der Waals surface area contributed by atoms with E-state index >= 15 is 0 Å². The van der Waals surface area contributed by atoms with Crippen LogP contribution < -0.4 is 0 Å². The van der Waals surface area contributed by atoms with Gasteiger partial charge in [0, 0.05) is 18.5 Å². The number of hydrogen-bond donors (Lipinski definition) is 0. The van der Waals surface area contributed by atoms with Crippen LogP contribution >= 0.6 is 0 Å². The minimum absolute atomic E-state index is 0.193. The van der Waals surface area contributed by atoms with Gasteiger partial charge in [-0.2, -0.15) is 0 Å². The quantitative estimate of drug-likeness (QED) is 0.745. The molecule has 1 aliphatic rings. The lowest BCUT2D eigenvalue weighted by Crippen LogP contribution is -2.42. The second kappa shape index (κ2) is 7.28. The third-order valence-electron chi connectivity index (χ3n) is 4.01. The van der Waals surface area contributed by atoms with Crippen LogP contribution in [0.3, 0.4) is 0 Å². The molecule has 1 aromatic carbocycles. The topological polar surface area (TPSA) is 20.3 Å². The lowest BCUT2D eigenvalue weighted by molar-refractivity contribution is -0.137. The Balaban J connectivity index is 1.96. The summed E-state index contributed by atoms with van der Waals surface area (Å²) in [5.41, 5.74) is 1.30. The van der Waals surface area contributed by atoms with E-state index in [4.69, 9.17) is 0 Å². The van der Waals surface area contributed by atoms with Gasteiger partial charge in [0.1, 0.15) is 0 Å². The number of hydrogen-bond acceptors (Lipinski definition) is 1. The molecule has 0 radical (unpaired) electrons. The van der Waals surface area contributed by atoms with Gasteiger partial charge in [0.15, 0.2) is 0 Å². The molecule has 0 N–H and O–H groups in total. The number of carbonyl (C=O) groups excluding carboxylic acids is 1. The smallest absolute Gasteiger partial charge is 0.226 e. The van der Waals surface area contributed by atoms with Crippen molar-refractivity contribution in [1.82, 2.24) is 4.90 Å². The van der Waals surface area contributed by atoms with E-state index in [2.05, 4.69) is 55.2 Å². The van der Waals surface area contributed by atoms with E-state index in [1.165, 1.54) is 5.56 Å². The van der Waals surface area contributed by atoms with E-state index in [1.54, 1.807) is 0 Å². The van der Waals surface area contributed by atoms with E-state index in [-0.39, 0.29) is 12.0 Å². The highest BCUT2D eigenvalue weighted by molar-refractivity contribution is 5.79. The van der Waals surface area contributed by atoms with Crippen LogP contribution in [0.1, 0.15) is 38.7 Å². The number of amides is 1. The fraction of sp³-hybridized carbons (Fsp3) is 0.500. The van der Waals surface area contributed by atoms with E-state index in [1.807, 2.05) is 6.07 Å². The summed E-state index contributed by atoms with van der Waals surface area (Å²) in [6.07, 6.45) is 8.24. The first kappa shape index (κ1) is 14.8. The van der Waals surface area contributed by atoms with Gasteiger partial charge in [-0.15, -0.1) is 0 Å². The van der Waals surface area contributed by atoms with E-state index in [0.717, 1.165) is 32.2 Å². The largest absolute Gasteiger partial charge is 0.340 e. The average molecular weight is 271 g/mol. The Morgan fingerprint density at radius 3 is 2.60 bits per heavy atom. The number of carbonyl (C=O) groups is 1. The Kier molecular flexibility index (Phi) is 5.40. The number of allylic oxidation sites excluding steroid dienone is 2. The number of rotatable bonds is 5. The summed E-state index contributed by atoms with van der Waals surface area (Å²) in [5, 5.41) is 0. The molecule has 1 amide bonds. The van der Waals surface area contributed by atoms with Crippen molar-refractivity contribution in [3.63, 3.8) is 0 Å². The summed E-state index contributed by atoms with van der Waals surface area (Å²) in [6, 6.07) is 10.7. The van der Waals surface area contributed by atoms with Gasteiger partial charge in [0.2, 0.25) is 5.91 Å². The molecule has 0 heterocycles. The van der Waals surface area contributed by atoms with Crippen molar-refractivity contribution in [1.29, 1.82) is 0 Å². The summed E-state index contributed by atoms with van der Waals surface area (Å²) in [4.78, 5) is 14.7. The van der Waals surface area contributed by atoms with Crippen molar-refractivity contribution in [2.75, 3.05) is 6.54 Å². The summed E-state index contributed by atoms with van der Waals surface area (Å²) >= 11 is 0. The molecular weight excluding hydrogens is 246 g/mol. The molecule has 108 valence electrons. The molecule has 0 saturated carbocycles. The van der Waals surface area contributed by atoms with Crippen LogP contribution in [0.4, 0.5) is 0 Å². The maximum Gasteiger partial charge on any atom is 0.226 e. The SMILES string of the molecule is CC(C)N(CCc1ccccc1)C(=O)[C@H]1CC=CCC1. The molecule has 1 aromatic rings. The Bertz CT molecular complexity index is 450. The first-order chi connectivity index (χ1) is 9.68.